The zero-order chi connectivity index (χ0) is 22.9. The number of benzene rings is 2. The van der Waals surface area contributed by atoms with E-state index >= 15 is 0 Å². The van der Waals surface area contributed by atoms with Crippen molar-refractivity contribution in [3.63, 3.8) is 0 Å². The van der Waals surface area contributed by atoms with Crippen LogP contribution in [0.4, 0.5) is 10.1 Å². The van der Waals surface area contributed by atoms with E-state index in [1.165, 1.54) is 11.6 Å². The molecule has 3 rings (SSSR count). The van der Waals surface area contributed by atoms with Crippen molar-refractivity contribution in [1.29, 1.82) is 0 Å². The number of hydrogen-bond acceptors (Lipinski definition) is 3. The lowest BCUT2D eigenvalue weighted by Gasteiger charge is -2.33. The number of nitrogens with one attached hydrogen (secondary N) is 1. The van der Waals surface area contributed by atoms with Gasteiger partial charge in [-0.3, -0.25) is 4.79 Å². The molecular weight excluding hydrogens is 403 g/mol. The first-order valence-electron chi connectivity index (χ1n) is 12.0. The lowest BCUT2D eigenvalue weighted by Crippen LogP contribution is -2.34. The second-order valence-corrected chi connectivity index (χ2v) is 9.23. The number of para-hydroxylation sites is 1. The van der Waals surface area contributed by atoms with Crippen molar-refractivity contribution in [2.24, 2.45) is 5.92 Å². The lowest BCUT2D eigenvalue weighted by atomic mass is 9.88. The summed E-state index contributed by atoms with van der Waals surface area (Å²) in [6, 6.07) is 14.7. The van der Waals surface area contributed by atoms with Crippen molar-refractivity contribution in [3.05, 3.63) is 65.5 Å². The molecule has 2 N–H and O–H groups in total. The van der Waals surface area contributed by atoms with Gasteiger partial charge in [-0.1, -0.05) is 63.1 Å². The molecule has 32 heavy (non-hydrogen) atoms. The number of carbonyl (C=O) groups is 1. The van der Waals surface area contributed by atoms with E-state index in [2.05, 4.69) is 22.3 Å². The van der Waals surface area contributed by atoms with E-state index in [0.717, 1.165) is 57.4 Å². The fourth-order valence-electron chi connectivity index (χ4n) is 4.46. The predicted octanol–water partition coefficient (Wildman–Crippen LogP) is 5.89. The molecule has 4 nitrogen and oxygen atoms in total. The van der Waals surface area contributed by atoms with Gasteiger partial charge < -0.3 is 15.3 Å². The topological polar surface area (TPSA) is 52.6 Å². The van der Waals surface area contributed by atoms with Gasteiger partial charge in [-0.2, -0.15) is 0 Å². The van der Waals surface area contributed by atoms with Gasteiger partial charge in [0.15, 0.2) is 0 Å². The van der Waals surface area contributed by atoms with Crippen molar-refractivity contribution in [1.82, 2.24) is 4.90 Å². The molecular formula is C27H37FN2O2. The molecule has 1 amide bonds. The molecule has 1 aliphatic heterocycles. The molecule has 0 spiro atoms. The van der Waals surface area contributed by atoms with E-state index in [0.29, 0.717) is 17.9 Å². The standard InChI is InChI=1S/C27H37FN2O2/c1-20(2)27(32)29-25-13-8-6-10-22(25)21-15-18-30(19-16-21)17-9-3-4-14-26(31)23-11-5-7-12-24(23)28/h5-8,10-13,20-21,26,31H,3-4,9,14-19H2,1-2H3,(H,29,32). The molecule has 1 atom stereocenters. The molecule has 2 aromatic carbocycles. The van der Waals surface area contributed by atoms with Crippen LogP contribution in [0.3, 0.4) is 0 Å². The molecule has 0 aromatic heterocycles. The van der Waals surface area contributed by atoms with Crippen LogP contribution in [0.5, 0.6) is 0 Å². The second-order valence-electron chi connectivity index (χ2n) is 9.23. The van der Waals surface area contributed by atoms with Crippen molar-refractivity contribution in [2.75, 3.05) is 25.0 Å². The van der Waals surface area contributed by atoms with Crippen LogP contribution in [0.25, 0.3) is 0 Å². The van der Waals surface area contributed by atoms with Gasteiger partial charge in [0.05, 0.1) is 6.10 Å². The molecule has 2 aromatic rings. The molecule has 1 heterocycles. The fraction of sp³-hybridized carbons (Fsp3) is 0.519. The quantitative estimate of drug-likeness (QED) is 0.453. The largest absolute Gasteiger partial charge is 0.388 e. The Morgan fingerprint density at radius 2 is 1.75 bits per heavy atom. The Hall–Kier alpha value is -2.24. The van der Waals surface area contributed by atoms with Crippen LogP contribution in [0, 0.1) is 11.7 Å². The molecule has 0 bridgehead atoms. The van der Waals surface area contributed by atoms with Crippen molar-refractivity contribution in [3.8, 4) is 0 Å². The van der Waals surface area contributed by atoms with Gasteiger partial charge >= 0.3 is 0 Å². The van der Waals surface area contributed by atoms with Crippen LogP contribution in [0.1, 0.15) is 75.5 Å². The summed E-state index contributed by atoms with van der Waals surface area (Å²) in [7, 11) is 0. The minimum atomic E-state index is -0.719. The Balaban J connectivity index is 1.38. The van der Waals surface area contributed by atoms with Gasteiger partial charge in [0, 0.05) is 17.2 Å². The average molecular weight is 441 g/mol. The third-order valence-electron chi connectivity index (χ3n) is 6.49. The molecule has 0 radical (unpaired) electrons. The number of aliphatic hydroxyl groups is 1. The molecule has 0 aliphatic carbocycles. The SMILES string of the molecule is CC(C)C(=O)Nc1ccccc1C1CCN(CCCCCC(O)c2ccccc2F)CC1. The zero-order valence-corrected chi connectivity index (χ0v) is 19.4. The van der Waals surface area contributed by atoms with E-state index in [-0.39, 0.29) is 17.6 Å². The van der Waals surface area contributed by atoms with Crippen molar-refractivity contribution < 1.29 is 14.3 Å². The van der Waals surface area contributed by atoms with Crippen molar-refractivity contribution >= 4 is 11.6 Å². The number of aliphatic hydroxyl groups excluding tert-OH is 1. The Morgan fingerprint density at radius 1 is 1.06 bits per heavy atom. The number of nitrogens with zero attached hydrogens (tertiary/aromatic N) is 1. The van der Waals surface area contributed by atoms with E-state index < -0.39 is 6.10 Å². The first-order chi connectivity index (χ1) is 15.5. The van der Waals surface area contributed by atoms with E-state index in [9.17, 15) is 14.3 Å². The molecule has 1 saturated heterocycles. The smallest absolute Gasteiger partial charge is 0.226 e. The summed E-state index contributed by atoms with van der Waals surface area (Å²) < 4.78 is 13.7. The summed E-state index contributed by atoms with van der Waals surface area (Å²) in [5, 5.41) is 13.3. The highest BCUT2D eigenvalue weighted by molar-refractivity contribution is 5.92. The highest BCUT2D eigenvalue weighted by atomic mass is 19.1. The number of piperidine rings is 1. The van der Waals surface area contributed by atoms with Crippen LogP contribution in [0.15, 0.2) is 48.5 Å². The average Bonchev–Trinajstić information content (AvgIpc) is 2.80. The molecule has 1 unspecified atom stereocenters. The van der Waals surface area contributed by atoms with E-state index in [4.69, 9.17) is 0 Å². The zero-order valence-electron chi connectivity index (χ0n) is 19.4. The highest BCUT2D eigenvalue weighted by Crippen LogP contribution is 2.33. The number of hydrogen-bond donors (Lipinski definition) is 2. The lowest BCUT2D eigenvalue weighted by molar-refractivity contribution is -0.118. The maximum absolute atomic E-state index is 13.7. The Morgan fingerprint density at radius 3 is 2.47 bits per heavy atom. The minimum absolute atomic E-state index is 0.0299. The summed E-state index contributed by atoms with van der Waals surface area (Å²) in [6.07, 6.45) is 5.10. The Labute approximate surface area is 191 Å². The molecule has 1 fully saturated rings. The Kier molecular flexibility index (Phi) is 9.24. The molecule has 0 saturated carbocycles. The molecule has 5 heteroatoms. The number of rotatable bonds is 10. The maximum atomic E-state index is 13.7. The van der Waals surface area contributed by atoms with Crippen LogP contribution in [0.2, 0.25) is 0 Å². The van der Waals surface area contributed by atoms with Gasteiger partial charge in [-0.05, 0) is 68.9 Å². The summed E-state index contributed by atoms with van der Waals surface area (Å²) in [6.45, 7) is 7.02. The van der Waals surface area contributed by atoms with E-state index in [1.54, 1.807) is 18.2 Å². The fourth-order valence-corrected chi connectivity index (χ4v) is 4.46. The summed E-state index contributed by atoms with van der Waals surface area (Å²) >= 11 is 0. The number of carbonyl (C=O) groups excluding carboxylic acids is 1. The van der Waals surface area contributed by atoms with Gasteiger partial charge in [-0.25, -0.2) is 4.39 Å². The van der Waals surface area contributed by atoms with E-state index in [1.807, 2.05) is 26.0 Å². The number of likely N-dealkylation sites (tertiary alicyclic amines) is 1. The summed E-state index contributed by atoms with van der Waals surface area (Å²) in [5.41, 5.74) is 2.61. The highest BCUT2D eigenvalue weighted by Gasteiger charge is 2.23. The van der Waals surface area contributed by atoms with Gasteiger partial charge in [-0.15, -0.1) is 0 Å². The summed E-state index contributed by atoms with van der Waals surface area (Å²) in [4.78, 5) is 14.7. The Bertz CT molecular complexity index is 862. The summed E-state index contributed by atoms with van der Waals surface area (Å²) in [5.74, 6) is 0.187. The predicted molar refractivity (Wildman–Crippen MR) is 128 cm³/mol. The van der Waals surface area contributed by atoms with Crippen LogP contribution >= 0.6 is 0 Å². The van der Waals surface area contributed by atoms with Crippen LogP contribution in [-0.4, -0.2) is 35.5 Å². The molecule has 174 valence electrons. The third-order valence-corrected chi connectivity index (χ3v) is 6.49. The van der Waals surface area contributed by atoms with Gasteiger partial charge in [0.1, 0.15) is 5.82 Å². The normalized spacial score (nSPS) is 16.3. The number of amides is 1. The van der Waals surface area contributed by atoms with Crippen molar-refractivity contribution in [2.45, 2.75) is 64.4 Å². The van der Waals surface area contributed by atoms with Gasteiger partial charge in [0.25, 0.3) is 0 Å². The number of unbranched alkanes of at least 4 members (excludes halogenated alkanes) is 2. The number of halogens is 1. The second kappa shape index (κ2) is 12.1. The van der Waals surface area contributed by atoms with Crippen LogP contribution in [-0.2, 0) is 4.79 Å². The van der Waals surface area contributed by atoms with Gasteiger partial charge in [0.2, 0.25) is 5.91 Å². The molecule has 1 aliphatic rings. The first-order valence-corrected chi connectivity index (χ1v) is 12.0. The monoisotopic (exact) mass is 440 g/mol. The number of anilines is 1. The minimum Gasteiger partial charge on any atom is -0.388 e. The maximum Gasteiger partial charge on any atom is 0.226 e. The third kappa shape index (κ3) is 6.88. The van der Waals surface area contributed by atoms with Crippen LogP contribution < -0.4 is 5.32 Å². The first kappa shape index (κ1) is 24.4.